The minimum atomic E-state index is -0.400. The molecular formula is C3H7NO2S. The van der Waals surface area contributed by atoms with E-state index in [4.69, 9.17) is 0 Å². The summed E-state index contributed by atoms with van der Waals surface area (Å²) in [7, 11) is 2.88. The highest BCUT2D eigenvalue weighted by atomic mass is 32.1. The number of hydrogen-bond acceptors (Lipinski definition) is 2. The molecule has 0 aliphatic carbocycles. The predicted octanol–water partition coefficient (Wildman–Crippen LogP) is 0.529. The molecule has 0 bridgehead atoms. The number of amides is 1. The number of hydroxylamine groups is 2. The molecule has 0 fully saturated rings. The van der Waals surface area contributed by atoms with Crippen molar-refractivity contribution in [2.45, 2.75) is 0 Å². The molecule has 0 radical (unpaired) electrons. The van der Waals surface area contributed by atoms with Gasteiger partial charge in [-0.15, -0.1) is 0 Å². The molecule has 0 aromatic heterocycles. The van der Waals surface area contributed by atoms with E-state index < -0.39 is 5.24 Å². The van der Waals surface area contributed by atoms with E-state index in [0.717, 1.165) is 5.06 Å². The molecule has 42 valence electrons. The van der Waals surface area contributed by atoms with Crippen molar-refractivity contribution >= 4 is 17.9 Å². The highest BCUT2D eigenvalue weighted by molar-refractivity contribution is 7.96. The average molecular weight is 121 g/mol. The van der Waals surface area contributed by atoms with Crippen LogP contribution in [-0.4, -0.2) is 24.5 Å². The molecule has 1 amide bonds. The van der Waals surface area contributed by atoms with Crippen LogP contribution >= 0.6 is 12.6 Å². The van der Waals surface area contributed by atoms with E-state index in [1.54, 1.807) is 0 Å². The minimum Gasteiger partial charge on any atom is -0.274 e. The summed E-state index contributed by atoms with van der Waals surface area (Å²) < 4.78 is 0. The Kier molecular flexibility index (Phi) is 2.78. The molecule has 0 saturated carbocycles. The van der Waals surface area contributed by atoms with Crippen molar-refractivity contribution < 1.29 is 9.63 Å². The summed E-state index contributed by atoms with van der Waals surface area (Å²) in [4.78, 5) is 14.5. The van der Waals surface area contributed by atoms with E-state index in [1.807, 2.05) is 0 Å². The van der Waals surface area contributed by atoms with Gasteiger partial charge in [0, 0.05) is 7.05 Å². The first-order valence-electron chi connectivity index (χ1n) is 1.69. The largest absolute Gasteiger partial charge is 0.301 e. The number of nitrogens with zero attached hydrogens (tertiary/aromatic N) is 1. The van der Waals surface area contributed by atoms with Crippen molar-refractivity contribution in [3.63, 3.8) is 0 Å². The Bertz CT molecular complexity index is 75.3. The van der Waals surface area contributed by atoms with Gasteiger partial charge in [0.15, 0.2) is 0 Å². The van der Waals surface area contributed by atoms with Crippen LogP contribution in [0.1, 0.15) is 0 Å². The first-order valence-corrected chi connectivity index (χ1v) is 2.14. The summed E-state index contributed by atoms with van der Waals surface area (Å²) >= 11 is 3.44. The Morgan fingerprint density at radius 1 is 1.86 bits per heavy atom. The second-order valence-electron chi connectivity index (χ2n) is 0.963. The van der Waals surface area contributed by atoms with E-state index in [9.17, 15) is 4.79 Å². The number of thiol groups is 1. The fourth-order valence-electron chi connectivity index (χ4n) is 0.0781. The molecule has 3 nitrogen and oxygen atoms in total. The smallest absolute Gasteiger partial charge is 0.274 e. The molecule has 0 aliphatic rings. The molecule has 0 aromatic rings. The molecule has 0 heterocycles. The van der Waals surface area contributed by atoms with Crippen molar-refractivity contribution in [1.82, 2.24) is 5.06 Å². The number of hydrogen-bond donors (Lipinski definition) is 1. The number of carbonyl (C=O) groups is 1. The Balaban J connectivity index is 3.34. The minimum absolute atomic E-state index is 0.400. The van der Waals surface area contributed by atoms with Crippen LogP contribution in [0.25, 0.3) is 0 Å². The molecule has 0 rings (SSSR count). The maximum atomic E-state index is 10.0. The van der Waals surface area contributed by atoms with E-state index in [2.05, 4.69) is 17.5 Å². The third kappa shape index (κ3) is 2.47. The lowest BCUT2D eigenvalue weighted by atomic mass is 11.2. The van der Waals surface area contributed by atoms with E-state index >= 15 is 0 Å². The molecule has 0 saturated heterocycles. The van der Waals surface area contributed by atoms with Gasteiger partial charge in [-0.25, -0.2) is 5.06 Å². The summed E-state index contributed by atoms with van der Waals surface area (Å²) in [5.74, 6) is 0. The van der Waals surface area contributed by atoms with E-state index in [1.165, 1.54) is 14.2 Å². The molecule has 0 unspecified atom stereocenters. The van der Waals surface area contributed by atoms with Crippen LogP contribution in [0.4, 0.5) is 4.79 Å². The van der Waals surface area contributed by atoms with Crippen LogP contribution in [0.2, 0.25) is 0 Å². The third-order valence-electron chi connectivity index (χ3n) is 0.543. The standard InChI is InChI=1S/C3H7NO2S/c1-4(6-2)3(5)7/h1-2H3,(H,5,7). The zero-order valence-electron chi connectivity index (χ0n) is 4.21. The van der Waals surface area contributed by atoms with Gasteiger partial charge in [0.1, 0.15) is 0 Å². The summed E-state index contributed by atoms with van der Waals surface area (Å²) in [6, 6.07) is 0. The second kappa shape index (κ2) is 2.87. The number of carbonyl (C=O) groups excluding carboxylic acids is 1. The van der Waals surface area contributed by atoms with Crippen LogP contribution in [0.3, 0.4) is 0 Å². The lowest BCUT2D eigenvalue weighted by Crippen LogP contribution is -2.18. The molecular weight excluding hydrogens is 114 g/mol. The van der Waals surface area contributed by atoms with Crippen molar-refractivity contribution in [3.05, 3.63) is 0 Å². The SMILES string of the molecule is CON(C)C(=O)S. The van der Waals surface area contributed by atoms with Gasteiger partial charge in [0.05, 0.1) is 7.11 Å². The first kappa shape index (κ1) is 6.78. The highest BCUT2D eigenvalue weighted by Gasteiger charge is 1.96. The quantitative estimate of drug-likeness (QED) is 0.405. The van der Waals surface area contributed by atoms with Gasteiger partial charge >= 0.3 is 5.24 Å². The first-order chi connectivity index (χ1) is 3.18. The van der Waals surface area contributed by atoms with Gasteiger partial charge in [-0.3, -0.25) is 9.63 Å². The number of rotatable bonds is 1. The molecule has 0 aliphatic heterocycles. The molecule has 4 heteroatoms. The van der Waals surface area contributed by atoms with Gasteiger partial charge in [-0.2, -0.15) is 0 Å². The van der Waals surface area contributed by atoms with Gasteiger partial charge < -0.3 is 0 Å². The Morgan fingerprint density at radius 3 is 2.29 bits per heavy atom. The summed E-state index contributed by atoms with van der Waals surface area (Å²) in [6.07, 6.45) is 0. The fourth-order valence-corrected chi connectivity index (χ4v) is 0.160. The third-order valence-corrected chi connectivity index (χ3v) is 0.825. The highest BCUT2D eigenvalue weighted by Crippen LogP contribution is 1.88. The van der Waals surface area contributed by atoms with Gasteiger partial charge in [-0.1, -0.05) is 12.6 Å². The summed E-state index contributed by atoms with van der Waals surface area (Å²) in [5.41, 5.74) is 0. The lowest BCUT2D eigenvalue weighted by Gasteiger charge is -2.07. The Hall–Kier alpha value is -0.220. The maximum absolute atomic E-state index is 10.0. The topological polar surface area (TPSA) is 29.5 Å². The monoisotopic (exact) mass is 121 g/mol. The van der Waals surface area contributed by atoms with Crippen molar-refractivity contribution in [3.8, 4) is 0 Å². The van der Waals surface area contributed by atoms with Crippen LogP contribution in [-0.2, 0) is 4.84 Å². The average Bonchev–Trinajstić information content (AvgIpc) is 1.65. The molecule has 0 spiro atoms. The fraction of sp³-hybridized carbons (Fsp3) is 0.667. The van der Waals surface area contributed by atoms with Crippen LogP contribution < -0.4 is 0 Å². The Labute approximate surface area is 47.6 Å². The molecule has 7 heavy (non-hydrogen) atoms. The van der Waals surface area contributed by atoms with E-state index in [-0.39, 0.29) is 0 Å². The van der Waals surface area contributed by atoms with Gasteiger partial charge in [0.2, 0.25) is 0 Å². The summed E-state index contributed by atoms with van der Waals surface area (Å²) in [5, 5.41) is 0.617. The van der Waals surface area contributed by atoms with E-state index in [0.29, 0.717) is 0 Å². The van der Waals surface area contributed by atoms with Crippen LogP contribution in [0.15, 0.2) is 0 Å². The maximum Gasteiger partial charge on any atom is 0.301 e. The zero-order valence-corrected chi connectivity index (χ0v) is 5.11. The zero-order chi connectivity index (χ0) is 5.86. The molecule has 0 aromatic carbocycles. The second-order valence-corrected chi connectivity index (χ2v) is 1.35. The normalized spacial score (nSPS) is 8.43. The Morgan fingerprint density at radius 2 is 2.29 bits per heavy atom. The van der Waals surface area contributed by atoms with Crippen molar-refractivity contribution in [2.75, 3.05) is 14.2 Å². The van der Waals surface area contributed by atoms with Crippen LogP contribution in [0, 0.1) is 0 Å². The molecule has 0 N–H and O–H groups in total. The van der Waals surface area contributed by atoms with Crippen molar-refractivity contribution in [1.29, 1.82) is 0 Å². The van der Waals surface area contributed by atoms with Gasteiger partial charge in [0.25, 0.3) is 0 Å². The van der Waals surface area contributed by atoms with Crippen molar-refractivity contribution in [2.24, 2.45) is 0 Å². The molecule has 0 atom stereocenters. The van der Waals surface area contributed by atoms with Gasteiger partial charge in [-0.05, 0) is 0 Å². The predicted molar refractivity (Wildman–Crippen MR) is 29.2 cm³/mol. The summed E-state index contributed by atoms with van der Waals surface area (Å²) in [6.45, 7) is 0. The lowest BCUT2D eigenvalue weighted by molar-refractivity contribution is -0.0546. The van der Waals surface area contributed by atoms with Crippen LogP contribution in [0.5, 0.6) is 0 Å².